The summed E-state index contributed by atoms with van der Waals surface area (Å²) < 4.78 is 26.9. The van der Waals surface area contributed by atoms with Crippen molar-refractivity contribution in [3.05, 3.63) is 48.6 Å². The highest BCUT2D eigenvalue weighted by molar-refractivity contribution is 7.47. The standard InChI is InChI=1S/C47H84NO10P/c1-3-5-7-9-11-13-15-17-19-20-21-22-23-24-25-27-29-31-33-35-37-39-46(51)56-40-43(49)41-57-59(54,55)58-42-44(47(52)53)48-45(50)38-36-34-32-30-28-26-18-16-14-12-10-8-6-4-2/h10-13,16-19,43-44,49H,3-9,14-15,20-42H2,1-2H3,(H,48,50)(H,52,53)(H,54,55)/b12-10-,13-11-,18-16-,19-17-. The van der Waals surface area contributed by atoms with Crippen molar-refractivity contribution in [3.8, 4) is 0 Å². The van der Waals surface area contributed by atoms with E-state index < -0.39 is 57.6 Å². The number of hydrogen-bond donors (Lipinski definition) is 4. The summed E-state index contributed by atoms with van der Waals surface area (Å²) in [6, 6.07) is -1.55. The van der Waals surface area contributed by atoms with Crippen molar-refractivity contribution in [2.75, 3.05) is 19.8 Å². The van der Waals surface area contributed by atoms with Crippen LogP contribution in [0.1, 0.15) is 200 Å². The zero-order chi connectivity index (χ0) is 43.5. The van der Waals surface area contributed by atoms with Gasteiger partial charge < -0.3 is 25.2 Å². The van der Waals surface area contributed by atoms with Crippen LogP contribution >= 0.6 is 7.82 Å². The Hall–Kier alpha value is -2.56. The van der Waals surface area contributed by atoms with E-state index in [-0.39, 0.29) is 12.8 Å². The van der Waals surface area contributed by atoms with E-state index in [0.717, 1.165) is 70.6 Å². The van der Waals surface area contributed by atoms with Crippen LogP contribution in [-0.2, 0) is 32.7 Å². The molecule has 0 aliphatic heterocycles. The van der Waals surface area contributed by atoms with Crippen LogP contribution in [0.15, 0.2) is 48.6 Å². The quantitative estimate of drug-likeness (QED) is 0.0200. The van der Waals surface area contributed by atoms with Gasteiger partial charge in [0.25, 0.3) is 0 Å². The second kappa shape index (κ2) is 42.1. The lowest BCUT2D eigenvalue weighted by Crippen LogP contribution is -2.43. The van der Waals surface area contributed by atoms with Crippen molar-refractivity contribution < 1.29 is 47.8 Å². The molecular weight excluding hydrogens is 769 g/mol. The normalized spacial score (nSPS) is 14.1. The maximum absolute atomic E-state index is 12.3. The van der Waals surface area contributed by atoms with E-state index in [0.29, 0.717) is 12.8 Å². The van der Waals surface area contributed by atoms with Crippen molar-refractivity contribution in [1.29, 1.82) is 0 Å². The lowest BCUT2D eigenvalue weighted by Gasteiger charge is -2.18. The van der Waals surface area contributed by atoms with Gasteiger partial charge in [-0.3, -0.25) is 18.6 Å². The topological polar surface area (TPSA) is 169 Å². The van der Waals surface area contributed by atoms with Gasteiger partial charge in [0.05, 0.1) is 13.2 Å². The summed E-state index contributed by atoms with van der Waals surface area (Å²) in [6.45, 7) is 2.52. The van der Waals surface area contributed by atoms with Gasteiger partial charge in [0.2, 0.25) is 5.91 Å². The van der Waals surface area contributed by atoms with E-state index in [1.165, 1.54) is 89.9 Å². The van der Waals surface area contributed by atoms with Gasteiger partial charge >= 0.3 is 19.8 Å². The molecule has 12 heteroatoms. The summed E-state index contributed by atoms with van der Waals surface area (Å²) in [5.41, 5.74) is 0. The molecule has 0 spiro atoms. The zero-order valence-electron chi connectivity index (χ0n) is 37.0. The van der Waals surface area contributed by atoms with Crippen LogP contribution < -0.4 is 5.32 Å². The van der Waals surface area contributed by atoms with E-state index >= 15 is 0 Å². The van der Waals surface area contributed by atoms with Gasteiger partial charge in [0.15, 0.2) is 6.04 Å². The van der Waals surface area contributed by atoms with Crippen LogP contribution in [-0.4, -0.2) is 64.9 Å². The van der Waals surface area contributed by atoms with E-state index in [1.807, 2.05) is 0 Å². The van der Waals surface area contributed by atoms with Crippen molar-refractivity contribution in [2.24, 2.45) is 0 Å². The Morgan fingerprint density at radius 1 is 0.542 bits per heavy atom. The van der Waals surface area contributed by atoms with Gasteiger partial charge in [-0.25, -0.2) is 9.36 Å². The third-order valence-electron chi connectivity index (χ3n) is 9.84. The average Bonchev–Trinajstić information content (AvgIpc) is 3.21. The smallest absolute Gasteiger partial charge is 0.472 e. The molecule has 342 valence electrons. The second-order valence-electron chi connectivity index (χ2n) is 15.6. The number of hydrogen-bond acceptors (Lipinski definition) is 8. The molecule has 3 unspecified atom stereocenters. The summed E-state index contributed by atoms with van der Waals surface area (Å²) in [5, 5.41) is 21.8. The number of carbonyl (C=O) groups excluding carboxylic acids is 2. The molecule has 0 saturated carbocycles. The second-order valence-corrected chi connectivity index (χ2v) is 17.0. The van der Waals surface area contributed by atoms with Crippen molar-refractivity contribution in [2.45, 2.75) is 212 Å². The molecule has 0 aromatic carbocycles. The molecule has 0 aliphatic rings. The average molecular weight is 854 g/mol. The van der Waals surface area contributed by atoms with Crippen molar-refractivity contribution >= 4 is 25.7 Å². The Morgan fingerprint density at radius 2 is 0.949 bits per heavy atom. The molecule has 59 heavy (non-hydrogen) atoms. The molecule has 1 amide bonds. The number of carboxylic acids is 1. The van der Waals surface area contributed by atoms with Gasteiger partial charge in [0, 0.05) is 12.8 Å². The Labute approximate surface area is 358 Å². The first-order chi connectivity index (χ1) is 28.6. The Bertz CT molecular complexity index is 1190. The third kappa shape index (κ3) is 41.9. The molecule has 0 fully saturated rings. The van der Waals surface area contributed by atoms with Gasteiger partial charge in [-0.15, -0.1) is 0 Å². The lowest BCUT2D eigenvalue weighted by atomic mass is 10.0. The first-order valence-electron chi connectivity index (χ1n) is 23.2. The van der Waals surface area contributed by atoms with Gasteiger partial charge in [-0.2, -0.15) is 0 Å². The number of carboxylic acid groups (broad SMARTS) is 1. The highest BCUT2D eigenvalue weighted by Gasteiger charge is 2.28. The van der Waals surface area contributed by atoms with Crippen molar-refractivity contribution in [1.82, 2.24) is 5.32 Å². The summed E-state index contributed by atoms with van der Waals surface area (Å²) in [6.07, 6.45) is 47.0. The minimum atomic E-state index is -4.76. The number of phosphoric acid groups is 1. The van der Waals surface area contributed by atoms with Gasteiger partial charge in [-0.05, 0) is 70.6 Å². The molecule has 0 rings (SSSR count). The zero-order valence-corrected chi connectivity index (χ0v) is 37.9. The number of unbranched alkanes of at least 4 members (excludes halogenated alkanes) is 21. The maximum Gasteiger partial charge on any atom is 0.472 e. The molecule has 11 nitrogen and oxygen atoms in total. The van der Waals surface area contributed by atoms with Crippen LogP contribution in [0.3, 0.4) is 0 Å². The van der Waals surface area contributed by atoms with Crippen LogP contribution in [0, 0.1) is 0 Å². The molecule has 0 saturated heterocycles. The lowest BCUT2D eigenvalue weighted by molar-refractivity contribution is -0.147. The molecule has 0 aromatic heterocycles. The molecule has 0 heterocycles. The maximum atomic E-state index is 12.3. The van der Waals surface area contributed by atoms with Gasteiger partial charge in [-0.1, -0.05) is 165 Å². The molecule has 3 atom stereocenters. The van der Waals surface area contributed by atoms with Crippen molar-refractivity contribution in [3.63, 3.8) is 0 Å². The number of carbonyl (C=O) groups is 3. The number of amides is 1. The summed E-state index contributed by atoms with van der Waals surface area (Å²) in [5.74, 6) is -2.39. The number of allylic oxidation sites excluding steroid dienone is 8. The molecular formula is C47H84NO10P. The van der Waals surface area contributed by atoms with Crippen LogP contribution in [0.2, 0.25) is 0 Å². The van der Waals surface area contributed by atoms with Crippen LogP contribution in [0.25, 0.3) is 0 Å². The predicted octanol–water partition coefficient (Wildman–Crippen LogP) is 12.2. The number of ether oxygens (including phenoxy) is 1. The van der Waals surface area contributed by atoms with E-state index in [4.69, 9.17) is 13.8 Å². The fraction of sp³-hybridized carbons (Fsp3) is 0.766. The number of aliphatic hydroxyl groups is 1. The summed E-state index contributed by atoms with van der Waals surface area (Å²) in [4.78, 5) is 45.9. The third-order valence-corrected chi connectivity index (χ3v) is 10.8. The van der Waals surface area contributed by atoms with Crippen LogP contribution in [0.5, 0.6) is 0 Å². The summed E-state index contributed by atoms with van der Waals surface area (Å²) in [7, 11) is -4.76. The largest absolute Gasteiger partial charge is 0.480 e. The number of nitrogens with one attached hydrogen (secondary N) is 1. The minimum Gasteiger partial charge on any atom is -0.480 e. The minimum absolute atomic E-state index is 0.128. The van der Waals surface area contributed by atoms with E-state index in [2.05, 4.69) is 67.8 Å². The highest BCUT2D eigenvalue weighted by Crippen LogP contribution is 2.43. The first-order valence-corrected chi connectivity index (χ1v) is 24.7. The highest BCUT2D eigenvalue weighted by atomic mass is 31.2. The molecule has 0 bridgehead atoms. The van der Waals surface area contributed by atoms with E-state index in [9.17, 15) is 34.1 Å². The monoisotopic (exact) mass is 854 g/mol. The number of esters is 1. The van der Waals surface area contributed by atoms with Gasteiger partial charge in [0.1, 0.15) is 12.7 Å². The molecule has 4 N–H and O–H groups in total. The molecule has 0 aliphatic carbocycles. The fourth-order valence-electron chi connectivity index (χ4n) is 6.19. The van der Waals surface area contributed by atoms with E-state index in [1.54, 1.807) is 0 Å². The fourth-order valence-corrected chi connectivity index (χ4v) is 6.96. The number of aliphatic carboxylic acids is 1. The SMILES string of the molecule is CCCC/C=C\C/C=C\CCCCCCCC(=O)NC(COP(=O)(O)OCC(O)COC(=O)CCCCCCCCCCCCC/C=C\C/C=C\CCCCC)C(=O)O. The Balaban J connectivity index is 3.86. The first kappa shape index (κ1) is 56.4. The Kier molecular flexibility index (Phi) is 40.3. The van der Waals surface area contributed by atoms with Crippen LogP contribution in [0.4, 0.5) is 0 Å². The Morgan fingerprint density at radius 3 is 1.42 bits per heavy atom. The number of phosphoric ester groups is 1. The molecule has 0 radical (unpaired) electrons. The number of aliphatic hydroxyl groups excluding tert-OH is 1. The molecule has 0 aromatic rings. The summed E-state index contributed by atoms with van der Waals surface area (Å²) >= 11 is 0. The number of rotatable bonds is 43. The predicted molar refractivity (Wildman–Crippen MR) is 240 cm³/mol.